The van der Waals surface area contributed by atoms with Gasteiger partial charge in [-0.1, -0.05) is 6.07 Å². The molecule has 0 aromatic heterocycles. The molecular formula is C8H7NO4S2. The van der Waals surface area contributed by atoms with Crippen molar-refractivity contribution in [1.82, 2.24) is 0 Å². The summed E-state index contributed by atoms with van der Waals surface area (Å²) in [5.41, 5.74) is 0.139. The summed E-state index contributed by atoms with van der Waals surface area (Å²) in [5.74, 6) is 0. The van der Waals surface area contributed by atoms with E-state index in [1.165, 1.54) is 24.3 Å². The lowest BCUT2D eigenvalue weighted by molar-refractivity contribution is 0.597. The van der Waals surface area contributed by atoms with Crippen LogP contribution in [0.1, 0.15) is 5.56 Å². The molecule has 15 heavy (non-hydrogen) atoms. The minimum Gasteiger partial charge on any atom is -0.225 e. The van der Waals surface area contributed by atoms with Crippen molar-refractivity contribution in [2.75, 3.05) is 0 Å². The second-order valence-electron chi connectivity index (χ2n) is 3.06. The molecule has 0 fully saturated rings. The molecular weight excluding hydrogens is 238 g/mol. The number of fused-ring (bicyclic) bond motifs is 1. The Hall–Kier alpha value is -1.18. The van der Waals surface area contributed by atoms with Gasteiger partial charge >= 0.3 is 0 Å². The minimum atomic E-state index is -3.89. The summed E-state index contributed by atoms with van der Waals surface area (Å²) < 4.78 is 45.1. The van der Waals surface area contributed by atoms with Crippen molar-refractivity contribution in [3.8, 4) is 0 Å². The lowest BCUT2D eigenvalue weighted by Gasteiger charge is -2.03. The van der Waals surface area contributed by atoms with Crippen molar-refractivity contribution < 1.29 is 16.8 Å². The fourth-order valence-electron chi connectivity index (χ4n) is 1.42. The number of benzene rings is 1. The van der Waals surface area contributed by atoms with Gasteiger partial charge < -0.3 is 0 Å². The van der Waals surface area contributed by atoms with Crippen LogP contribution >= 0.6 is 0 Å². The third kappa shape index (κ3) is 1.58. The Labute approximate surface area is 87.2 Å². The van der Waals surface area contributed by atoms with Gasteiger partial charge in [0.15, 0.2) is 9.84 Å². The molecule has 5 nitrogen and oxygen atoms in total. The number of sulfone groups is 1. The van der Waals surface area contributed by atoms with E-state index in [0.29, 0.717) is 0 Å². The number of nitrogens with two attached hydrogens (primary N) is 1. The first-order valence-electron chi connectivity index (χ1n) is 3.91. The molecule has 2 rings (SSSR count). The van der Waals surface area contributed by atoms with E-state index in [-0.39, 0.29) is 15.4 Å². The third-order valence-electron chi connectivity index (χ3n) is 2.05. The van der Waals surface area contributed by atoms with Crippen LogP contribution in [0, 0.1) is 0 Å². The SMILES string of the molecule is NS(=O)(=O)c1cccc2c1C=CS2(=O)=O. The van der Waals surface area contributed by atoms with E-state index >= 15 is 0 Å². The van der Waals surface area contributed by atoms with Crippen LogP contribution < -0.4 is 5.14 Å². The van der Waals surface area contributed by atoms with E-state index in [1.54, 1.807) is 0 Å². The molecule has 0 unspecified atom stereocenters. The number of primary sulfonamides is 1. The first-order valence-corrected chi connectivity index (χ1v) is 7.00. The Morgan fingerprint density at radius 2 is 1.87 bits per heavy atom. The van der Waals surface area contributed by atoms with Gasteiger partial charge in [0.2, 0.25) is 10.0 Å². The predicted molar refractivity (Wildman–Crippen MR) is 54.0 cm³/mol. The van der Waals surface area contributed by atoms with Crippen molar-refractivity contribution in [3.63, 3.8) is 0 Å². The second kappa shape index (κ2) is 2.91. The van der Waals surface area contributed by atoms with Gasteiger partial charge in [-0.3, -0.25) is 0 Å². The van der Waals surface area contributed by atoms with E-state index in [1.807, 2.05) is 0 Å². The Kier molecular flexibility index (Phi) is 2.00. The quantitative estimate of drug-likeness (QED) is 0.758. The fourth-order valence-corrected chi connectivity index (χ4v) is 3.45. The molecule has 0 bridgehead atoms. The predicted octanol–water partition coefficient (Wildman–Crippen LogP) is 0.0920. The summed E-state index contributed by atoms with van der Waals surface area (Å²) in [6, 6.07) is 3.97. The molecule has 80 valence electrons. The van der Waals surface area contributed by atoms with Crippen LogP contribution in [0.2, 0.25) is 0 Å². The molecule has 1 aliphatic heterocycles. The molecule has 0 saturated heterocycles. The molecule has 2 N–H and O–H groups in total. The van der Waals surface area contributed by atoms with Crippen LogP contribution in [-0.4, -0.2) is 16.8 Å². The number of sulfonamides is 1. The Balaban J connectivity index is 2.88. The lowest BCUT2D eigenvalue weighted by atomic mass is 10.2. The highest BCUT2D eigenvalue weighted by Gasteiger charge is 2.25. The maximum Gasteiger partial charge on any atom is 0.238 e. The Morgan fingerprint density at radius 1 is 1.20 bits per heavy atom. The zero-order valence-electron chi connectivity index (χ0n) is 7.41. The van der Waals surface area contributed by atoms with Gasteiger partial charge in [0, 0.05) is 11.0 Å². The average Bonchev–Trinajstić information content (AvgIpc) is 2.41. The van der Waals surface area contributed by atoms with Gasteiger partial charge in [0.05, 0.1) is 9.79 Å². The first-order chi connectivity index (χ1) is 6.82. The maximum absolute atomic E-state index is 11.4. The zero-order chi connectivity index (χ0) is 11.3. The molecule has 0 amide bonds. The van der Waals surface area contributed by atoms with E-state index in [9.17, 15) is 16.8 Å². The van der Waals surface area contributed by atoms with Gasteiger partial charge in [-0.2, -0.15) is 0 Å². The maximum atomic E-state index is 11.4. The van der Waals surface area contributed by atoms with Crippen LogP contribution in [0.5, 0.6) is 0 Å². The molecule has 1 heterocycles. The highest BCUT2D eigenvalue weighted by atomic mass is 32.2. The summed E-state index contributed by atoms with van der Waals surface area (Å²) >= 11 is 0. The summed E-state index contributed by atoms with van der Waals surface area (Å²) in [4.78, 5) is -0.189. The van der Waals surface area contributed by atoms with Gasteiger partial charge in [-0.05, 0) is 18.2 Å². The van der Waals surface area contributed by atoms with Gasteiger partial charge in [-0.15, -0.1) is 0 Å². The Morgan fingerprint density at radius 3 is 2.47 bits per heavy atom. The topological polar surface area (TPSA) is 94.3 Å². The molecule has 1 aromatic rings. The first kappa shape index (κ1) is 10.3. The van der Waals surface area contributed by atoms with Gasteiger partial charge in [-0.25, -0.2) is 22.0 Å². The highest BCUT2D eigenvalue weighted by molar-refractivity contribution is 7.95. The lowest BCUT2D eigenvalue weighted by Crippen LogP contribution is -2.14. The molecule has 0 aliphatic carbocycles. The number of hydrogen-bond donors (Lipinski definition) is 1. The smallest absolute Gasteiger partial charge is 0.225 e. The highest BCUT2D eigenvalue weighted by Crippen LogP contribution is 2.30. The van der Waals surface area contributed by atoms with Crippen molar-refractivity contribution in [1.29, 1.82) is 0 Å². The monoisotopic (exact) mass is 245 g/mol. The molecule has 1 aliphatic rings. The van der Waals surface area contributed by atoms with E-state index in [2.05, 4.69) is 0 Å². The van der Waals surface area contributed by atoms with E-state index < -0.39 is 19.9 Å². The molecule has 0 atom stereocenters. The normalized spacial score (nSPS) is 17.7. The summed E-state index contributed by atoms with van der Waals surface area (Å²) in [6.07, 6.45) is 1.24. The van der Waals surface area contributed by atoms with Crippen LogP contribution in [0.4, 0.5) is 0 Å². The standard InChI is InChI=1S/C8H7NO4S2/c9-15(12,13)8-3-1-2-7-6(8)4-5-14(7,10)11/h1-5H,(H2,9,12,13). The molecule has 0 spiro atoms. The number of hydrogen-bond acceptors (Lipinski definition) is 4. The van der Waals surface area contributed by atoms with Crippen molar-refractivity contribution in [2.45, 2.75) is 9.79 Å². The van der Waals surface area contributed by atoms with E-state index in [4.69, 9.17) is 5.14 Å². The summed E-state index contributed by atoms with van der Waals surface area (Å²) in [5, 5.41) is 5.93. The average molecular weight is 245 g/mol. The third-order valence-corrected chi connectivity index (χ3v) is 4.49. The molecule has 0 saturated carbocycles. The van der Waals surface area contributed by atoms with Crippen molar-refractivity contribution >= 4 is 25.9 Å². The fraction of sp³-hybridized carbons (Fsp3) is 0. The largest absolute Gasteiger partial charge is 0.238 e. The van der Waals surface area contributed by atoms with Crippen molar-refractivity contribution in [3.05, 3.63) is 29.2 Å². The van der Waals surface area contributed by atoms with Crippen LogP contribution in [0.25, 0.3) is 6.08 Å². The summed E-state index contributed by atoms with van der Waals surface area (Å²) in [6.45, 7) is 0. The van der Waals surface area contributed by atoms with Crippen molar-refractivity contribution in [2.24, 2.45) is 5.14 Å². The minimum absolute atomic E-state index is 0.0194. The Bertz CT molecular complexity index is 656. The van der Waals surface area contributed by atoms with Crippen LogP contribution in [0.3, 0.4) is 0 Å². The molecule has 0 radical (unpaired) electrons. The van der Waals surface area contributed by atoms with Gasteiger partial charge in [0.25, 0.3) is 0 Å². The second-order valence-corrected chi connectivity index (χ2v) is 6.39. The number of rotatable bonds is 1. The van der Waals surface area contributed by atoms with Crippen LogP contribution in [0.15, 0.2) is 33.4 Å². The van der Waals surface area contributed by atoms with Crippen LogP contribution in [-0.2, 0) is 19.9 Å². The van der Waals surface area contributed by atoms with Gasteiger partial charge in [0.1, 0.15) is 0 Å². The molecule has 7 heteroatoms. The molecule has 1 aromatic carbocycles. The van der Waals surface area contributed by atoms with E-state index in [0.717, 1.165) is 5.41 Å². The zero-order valence-corrected chi connectivity index (χ0v) is 9.05. The summed E-state index contributed by atoms with van der Waals surface area (Å²) in [7, 11) is -7.38.